The van der Waals surface area contributed by atoms with Crippen molar-refractivity contribution in [2.24, 2.45) is 11.7 Å². The molecule has 0 spiro atoms. The fourth-order valence-electron chi connectivity index (χ4n) is 3.41. The lowest BCUT2D eigenvalue weighted by Crippen LogP contribution is -2.49. The van der Waals surface area contributed by atoms with Crippen LogP contribution in [0.15, 0.2) is 24.3 Å². The van der Waals surface area contributed by atoms with E-state index in [1.165, 1.54) is 29.7 Å². The Bertz CT molecular complexity index is 532. The first-order valence-corrected chi connectivity index (χ1v) is 8.62. The predicted molar refractivity (Wildman–Crippen MR) is 90.3 cm³/mol. The van der Waals surface area contributed by atoms with E-state index in [1.807, 2.05) is 6.92 Å². The van der Waals surface area contributed by atoms with Gasteiger partial charge in [-0.05, 0) is 30.4 Å². The molecule has 126 valence electrons. The first-order valence-electron chi connectivity index (χ1n) is 8.62. The molecule has 1 amide bonds. The molecule has 1 aliphatic carbocycles. The maximum Gasteiger partial charge on any atom is 0.407 e. The quantitative estimate of drug-likeness (QED) is 0.876. The zero-order chi connectivity index (χ0) is 16.4. The first kappa shape index (κ1) is 16.3. The van der Waals surface area contributed by atoms with Crippen molar-refractivity contribution in [3.63, 3.8) is 0 Å². The summed E-state index contributed by atoms with van der Waals surface area (Å²) in [7, 11) is 0. The Hall–Kier alpha value is -1.59. The molecule has 0 unspecified atom stereocenters. The van der Waals surface area contributed by atoms with Crippen molar-refractivity contribution in [2.45, 2.75) is 38.3 Å². The van der Waals surface area contributed by atoms with Crippen LogP contribution < -0.4 is 5.73 Å². The monoisotopic (exact) mass is 317 g/mol. The van der Waals surface area contributed by atoms with Gasteiger partial charge in [0.2, 0.25) is 0 Å². The van der Waals surface area contributed by atoms with Crippen LogP contribution in [-0.2, 0) is 0 Å². The standard InChI is InChI=1S/C18H27N3O2/c1-13(19)15-4-6-16(7-5-15)17(12-14-2-3-14)20-8-10-21(11-9-20)18(22)23/h4-7,13-14,17H,2-3,8-12,19H2,1H3,(H,22,23)/t13-,17+/m0/s1. The summed E-state index contributed by atoms with van der Waals surface area (Å²) in [6.07, 6.45) is 3.06. The summed E-state index contributed by atoms with van der Waals surface area (Å²) >= 11 is 0. The third-order valence-electron chi connectivity index (χ3n) is 5.13. The third-order valence-corrected chi connectivity index (χ3v) is 5.13. The molecule has 5 heteroatoms. The van der Waals surface area contributed by atoms with Gasteiger partial charge in [0.1, 0.15) is 0 Å². The number of carboxylic acid groups (broad SMARTS) is 1. The van der Waals surface area contributed by atoms with Crippen LogP contribution in [-0.4, -0.2) is 47.2 Å². The Kier molecular flexibility index (Phi) is 4.87. The van der Waals surface area contributed by atoms with Crippen molar-refractivity contribution < 1.29 is 9.90 Å². The minimum atomic E-state index is -0.801. The molecule has 1 saturated carbocycles. The Morgan fingerprint density at radius 2 is 1.74 bits per heavy atom. The molecule has 1 saturated heterocycles. The van der Waals surface area contributed by atoms with Crippen molar-refractivity contribution in [1.29, 1.82) is 0 Å². The molecule has 2 atom stereocenters. The molecule has 3 rings (SSSR count). The molecule has 0 bridgehead atoms. The van der Waals surface area contributed by atoms with Gasteiger partial charge in [0.25, 0.3) is 0 Å². The molecule has 1 aromatic carbocycles. The average molecular weight is 317 g/mol. The van der Waals surface area contributed by atoms with Gasteiger partial charge >= 0.3 is 6.09 Å². The van der Waals surface area contributed by atoms with Gasteiger partial charge in [-0.1, -0.05) is 37.1 Å². The Morgan fingerprint density at radius 3 is 2.22 bits per heavy atom. The summed E-state index contributed by atoms with van der Waals surface area (Å²) in [4.78, 5) is 15.1. The molecule has 0 radical (unpaired) electrons. The van der Waals surface area contributed by atoms with Crippen LogP contribution >= 0.6 is 0 Å². The largest absolute Gasteiger partial charge is 0.465 e. The lowest BCUT2D eigenvalue weighted by atomic mass is 9.96. The van der Waals surface area contributed by atoms with Crippen LogP contribution in [0.4, 0.5) is 4.79 Å². The highest BCUT2D eigenvalue weighted by atomic mass is 16.4. The maximum absolute atomic E-state index is 11.1. The SMILES string of the molecule is C[C@H](N)c1ccc([C@@H](CC2CC2)N2CCN(C(=O)O)CC2)cc1. The molecule has 1 heterocycles. The van der Waals surface area contributed by atoms with Crippen LogP contribution in [0, 0.1) is 5.92 Å². The highest BCUT2D eigenvalue weighted by Crippen LogP contribution is 2.40. The first-order chi connectivity index (χ1) is 11.0. The lowest BCUT2D eigenvalue weighted by Gasteiger charge is -2.38. The molecule has 2 fully saturated rings. The Balaban J connectivity index is 1.71. The van der Waals surface area contributed by atoms with E-state index in [9.17, 15) is 4.79 Å². The summed E-state index contributed by atoms with van der Waals surface area (Å²) in [6, 6.07) is 9.14. The highest BCUT2D eigenvalue weighted by molar-refractivity contribution is 5.65. The molecule has 3 N–H and O–H groups in total. The van der Waals surface area contributed by atoms with Crippen LogP contribution in [0.1, 0.15) is 49.4 Å². The van der Waals surface area contributed by atoms with Crippen LogP contribution in [0.3, 0.4) is 0 Å². The zero-order valence-corrected chi connectivity index (χ0v) is 13.8. The number of hydrogen-bond acceptors (Lipinski definition) is 3. The normalized spacial score (nSPS) is 21.9. The Morgan fingerprint density at radius 1 is 1.17 bits per heavy atom. The van der Waals surface area contributed by atoms with E-state index < -0.39 is 6.09 Å². The minimum Gasteiger partial charge on any atom is -0.465 e. The van der Waals surface area contributed by atoms with Gasteiger partial charge in [-0.15, -0.1) is 0 Å². The topological polar surface area (TPSA) is 69.8 Å². The molecular weight excluding hydrogens is 290 g/mol. The van der Waals surface area contributed by atoms with E-state index in [1.54, 1.807) is 0 Å². The summed E-state index contributed by atoms with van der Waals surface area (Å²) in [5.74, 6) is 0.839. The fraction of sp³-hybridized carbons (Fsp3) is 0.611. The molecule has 0 aromatic heterocycles. The number of benzene rings is 1. The summed E-state index contributed by atoms with van der Waals surface area (Å²) in [6.45, 7) is 4.85. The molecule has 23 heavy (non-hydrogen) atoms. The van der Waals surface area contributed by atoms with E-state index in [0.717, 1.165) is 24.6 Å². The van der Waals surface area contributed by atoms with Crippen molar-refractivity contribution in [1.82, 2.24) is 9.80 Å². The molecule has 2 aliphatic rings. The number of hydrogen-bond donors (Lipinski definition) is 2. The van der Waals surface area contributed by atoms with Gasteiger partial charge in [-0.2, -0.15) is 0 Å². The number of amides is 1. The highest BCUT2D eigenvalue weighted by Gasteiger charge is 2.32. The average Bonchev–Trinajstić information content (AvgIpc) is 3.37. The van der Waals surface area contributed by atoms with Gasteiger partial charge in [0.15, 0.2) is 0 Å². The second-order valence-corrected chi connectivity index (χ2v) is 6.96. The summed E-state index contributed by atoms with van der Waals surface area (Å²) in [5.41, 5.74) is 8.45. The minimum absolute atomic E-state index is 0.0602. The van der Waals surface area contributed by atoms with Crippen LogP contribution in [0.2, 0.25) is 0 Å². The zero-order valence-electron chi connectivity index (χ0n) is 13.8. The maximum atomic E-state index is 11.1. The molecule has 5 nitrogen and oxygen atoms in total. The van der Waals surface area contributed by atoms with Gasteiger partial charge < -0.3 is 15.7 Å². The van der Waals surface area contributed by atoms with Crippen molar-refractivity contribution in [3.05, 3.63) is 35.4 Å². The van der Waals surface area contributed by atoms with Gasteiger partial charge in [-0.25, -0.2) is 4.79 Å². The van der Waals surface area contributed by atoms with Gasteiger partial charge in [-0.3, -0.25) is 4.90 Å². The smallest absolute Gasteiger partial charge is 0.407 e. The van der Waals surface area contributed by atoms with Crippen LogP contribution in [0.5, 0.6) is 0 Å². The molecule has 1 aliphatic heterocycles. The van der Waals surface area contributed by atoms with E-state index in [0.29, 0.717) is 19.1 Å². The van der Waals surface area contributed by atoms with Crippen molar-refractivity contribution >= 4 is 6.09 Å². The van der Waals surface area contributed by atoms with E-state index in [4.69, 9.17) is 10.8 Å². The predicted octanol–water partition coefficient (Wildman–Crippen LogP) is 2.84. The number of nitrogens with zero attached hydrogens (tertiary/aromatic N) is 2. The number of carbonyl (C=O) groups is 1. The number of rotatable bonds is 5. The van der Waals surface area contributed by atoms with Crippen molar-refractivity contribution in [2.75, 3.05) is 26.2 Å². The number of piperazine rings is 1. The van der Waals surface area contributed by atoms with E-state index in [2.05, 4.69) is 29.2 Å². The van der Waals surface area contributed by atoms with E-state index >= 15 is 0 Å². The number of nitrogens with two attached hydrogens (primary N) is 1. The van der Waals surface area contributed by atoms with Crippen LogP contribution in [0.25, 0.3) is 0 Å². The van der Waals surface area contributed by atoms with E-state index in [-0.39, 0.29) is 6.04 Å². The van der Waals surface area contributed by atoms with Crippen molar-refractivity contribution in [3.8, 4) is 0 Å². The lowest BCUT2D eigenvalue weighted by molar-refractivity contribution is 0.0805. The molecular formula is C18H27N3O2. The summed E-state index contributed by atoms with van der Waals surface area (Å²) in [5, 5.41) is 9.11. The summed E-state index contributed by atoms with van der Waals surface area (Å²) < 4.78 is 0. The fourth-order valence-corrected chi connectivity index (χ4v) is 3.41. The van der Waals surface area contributed by atoms with Gasteiger partial charge in [0, 0.05) is 38.3 Å². The van der Waals surface area contributed by atoms with Gasteiger partial charge in [0.05, 0.1) is 0 Å². The third kappa shape index (κ3) is 4.03. The second kappa shape index (κ2) is 6.89. The second-order valence-electron chi connectivity index (χ2n) is 6.96. The molecule has 1 aromatic rings. The Labute approximate surface area is 138 Å².